The van der Waals surface area contributed by atoms with Crippen molar-refractivity contribution >= 4 is 6.09 Å². The highest BCUT2D eigenvalue weighted by Gasteiger charge is 2.20. The predicted octanol–water partition coefficient (Wildman–Crippen LogP) is 3.32. The summed E-state index contributed by atoms with van der Waals surface area (Å²) in [6, 6.07) is 0.455. The molecule has 0 rings (SSSR count). The molecule has 0 heterocycles. The highest BCUT2D eigenvalue weighted by Crippen LogP contribution is 2.14. The molecular formula is C15H32N2O2. The van der Waals surface area contributed by atoms with E-state index in [0.29, 0.717) is 25.1 Å². The summed E-state index contributed by atoms with van der Waals surface area (Å²) in [6.45, 7) is 10.6. The molecule has 1 amide bonds. The number of rotatable bonds is 11. The van der Waals surface area contributed by atoms with Gasteiger partial charge in [-0.25, -0.2) is 4.79 Å². The summed E-state index contributed by atoms with van der Waals surface area (Å²) < 4.78 is 5.28. The van der Waals surface area contributed by atoms with Crippen molar-refractivity contribution in [3.05, 3.63) is 0 Å². The number of hydrogen-bond acceptors (Lipinski definition) is 3. The molecule has 2 atom stereocenters. The van der Waals surface area contributed by atoms with Crippen LogP contribution in [0.1, 0.15) is 59.8 Å². The topological polar surface area (TPSA) is 50.4 Å². The minimum atomic E-state index is -0.301. The largest absolute Gasteiger partial charge is 0.449 e. The Morgan fingerprint density at radius 1 is 1.16 bits per heavy atom. The summed E-state index contributed by atoms with van der Waals surface area (Å²) in [4.78, 5) is 11.4. The molecule has 4 nitrogen and oxygen atoms in total. The summed E-state index contributed by atoms with van der Waals surface area (Å²) in [5.41, 5.74) is 0. The van der Waals surface area contributed by atoms with E-state index in [2.05, 4.69) is 31.4 Å². The maximum atomic E-state index is 11.4. The lowest BCUT2D eigenvalue weighted by atomic mass is 9.94. The van der Waals surface area contributed by atoms with E-state index in [9.17, 15) is 4.79 Å². The van der Waals surface area contributed by atoms with Gasteiger partial charge in [0, 0.05) is 18.5 Å². The van der Waals surface area contributed by atoms with Gasteiger partial charge in [0.15, 0.2) is 0 Å². The van der Waals surface area contributed by atoms with Crippen molar-refractivity contribution in [2.24, 2.45) is 5.92 Å². The molecular weight excluding hydrogens is 240 g/mol. The second-order valence-electron chi connectivity index (χ2n) is 5.00. The average molecular weight is 272 g/mol. The molecule has 4 heteroatoms. The van der Waals surface area contributed by atoms with Crippen molar-refractivity contribution in [2.75, 3.05) is 19.7 Å². The van der Waals surface area contributed by atoms with Crippen molar-refractivity contribution in [1.82, 2.24) is 10.6 Å². The fraction of sp³-hybridized carbons (Fsp3) is 0.933. The van der Waals surface area contributed by atoms with E-state index in [-0.39, 0.29) is 6.09 Å². The van der Waals surface area contributed by atoms with Crippen LogP contribution in [-0.2, 0) is 4.74 Å². The van der Waals surface area contributed by atoms with Crippen molar-refractivity contribution in [3.8, 4) is 0 Å². The third-order valence-electron chi connectivity index (χ3n) is 3.38. The van der Waals surface area contributed by atoms with Crippen LogP contribution >= 0.6 is 0 Å². The monoisotopic (exact) mass is 272 g/mol. The van der Waals surface area contributed by atoms with Gasteiger partial charge in [-0.05, 0) is 32.7 Å². The van der Waals surface area contributed by atoms with Gasteiger partial charge in [0.25, 0.3) is 0 Å². The van der Waals surface area contributed by atoms with Crippen molar-refractivity contribution in [2.45, 2.75) is 65.8 Å². The summed E-state index contributed by atoms with van der Waals surface area (Å²) in [7, 11) is 0. The maximum absolute atomic E-state index is 11.4. The number of unbranched alkanes of at least 4 members (excludes halogenated alkanes) is 1. The molecule has 0 aromatic carbocycles. The normalized spacial score (nSPS) is 13.9. The molecule has 0 saturated carbocycles. The van der Waals surface area contributed by atoms with Crippen LogP contribution in [0.4, 0.5) is 4.79 Å². The Labute approximate surface area is 118 Å². The summed E-state index contributed by atoms with van der Waals surface area (Å²) in [5, 5.41) is 6.28. The highest BCUT2D eigenvalue weighted by atomic mass is 16.5. The zero-order valence-electron chi connectivity index (χ0n) is 13.1. The molecule has 0 radical (unpaired) electrons. The molecule has 0 fully saturated rings. The first-order valence-electron chi connectivity index (χ1n) is 7.83. The van der Waals surface area contributed by atoms with E-state index >= 15 is 0 Å². The minimum Gasteiger partial charge on any atom is -0.449 e. The molecule has 0 aromatic heterocycles. The molecule has 0 bridgehead atoms. The lowest BCUT2D eigenvalue weighted by molar-refractivity contribution is 0.113. The average Bonchev–Trinajstić information content (AvgIpc) is 2.40. The number of hydrogen-bond donors (Lipinski definition) is 2. The fourth-order valence-electron chi connectivity index (χ4n) is 2.18. The van der Waals surface area contributed by atoms with E-state index < -0.39 is 0 Å². The summed E-state index contributed by atoms with van der Waals surface area (Å²) in [5.74, 6) is 0.402. The van der Waals surface area contributed by atoms with Crippen LogP contribution in [0.15, 0.2) is 0 Å². The zero-order chi connectivity index (χ0) is 14.5. The van der Waals surface area contributed by atoms with Gasteiger partial charge in [-0.1, -0.05) is 33.6 Å². The van der Waals surface area contributed by atoms with Gasteiger partial charge in [-0.15, -0.1) is 0 Å². The third kappa shape index (κ3) is 8.87. The standard InChI is InChI=1S/C15H32N2O2/c1-5-9-11-17-14(10-6-2)13(7-3)12-19-15(18)16-8-4/h13-14,17H,5-12H2,1-4H3,(H,16,18). The van der Waals surface area contributed by atoms with Crippen LogP contribution in [0.25, 0.3) is 0 Å². The van der Waals surface area contributed by atoms with Crippen molar-refractivity contribution in [3.63, 3.8) is 0 Å². The predicted molar refractivity (Wildman–Crippen MR) is 80.4 cm³/mol. The summed E-state index contributed by atoms with van der Waals surface area (Å²) in [6.07, 6.45) is 5.43. The molecule has 0 aliphatic carbocycles. The Bertz CT molecular complexity index is 222. The molecule has 0 spiro atoms. The third-order valence-corrected chi connectivity index (χ3v) is 3.38. The Balaban J connectivity index is 4.18. The first kappa shape index (κ1) is 18.2. The molecule has 0 saturated heterocycles. The van der Waals surface area contributed by atoms with Crippen LogP contribution in [0.2, 0.25) is 0 Å². The van der Waals surface area contributed by atoms with Gasteiger partial charge in [0.05, 0.1) is 6.61 Å². The fourth-order valence-corrected chi connectivity index (χ4v) is 2.18. The van der Waals surface area contributed by atoms with E-state index in [1.807, 2.05) is 6.92 Å². The van der Waals surface area contributed by atoms with E-state index in [1.54, 1.807) is 0 Å². The number of amides is 1. The number of alkyl carbamates (subject to hydrolysis) is 1. The molecule has 0 aliphatic rings. The molecule has 114 valence electrons. The Kier molecular flexibility index (Phi) is 11.8. The van der Waals surface area contributed by atoms with Crippen LogP contribution in [0, 0.1) is 5.92 Å². The van der Waals surface area contributed by atoms with Crippen LogP contribution in [0.5, 0.6) is 0 Å². The minimum absolute atomic E-state index is 0.301. The molecule has 2 unspecified atom stereocenters. The van der Waals surface area contributed by atoms with Gasteiger partial charge in [0.2, 0.25) is 0 Å². The Morgan fingerprint density at radius 2 is 1.89 bits per heavy atom. The number of ether oxygens (including phenoxy) is 1. The first-order valence-corrected chi connectivity index (χ1v) is 7.83. The van der Waals surface area contributed by atoms with Crippen LogP contribution in [0.3, 0.4) is 0 Å². The van der Waals surface area contributed by atoms with E-state index in [1.165, 1.54) is 12.8 Å². The lowest BCUT2D eigenvalue weighted by Crippen LogP contribution is -2.39. The number of nitrogens with one attached hydrogen (secondary N) is 2. The molecule has 0 aliphatic heterocycles. The molecule has 2 N–H and O–H groups in total. The second-order valence-corrected chi connectivity index (χ2v) is 5.00. The maximum Gasteiger partial charge on any atom is 0.407 e. The van der Waals surface area contributed by atoms with Gasteiger partial charge in [-0.2, -0.15) is 0 Å². The van der Waals surface area contributed by atoms with Crippen LogP contribution < -0.4 is 10.6 Å². The van der Waals surface area contributed by atoms with Gasteiger partial charge < -0.3 is 15.4 Å². The lowest BCUT2D eigenvalue weighted by Gasteiger charge is -2.27. The van der Waals surface area contributed by atoms with Gasteiger partial charge in [0.1, 0.15) is 0 Å². The first-order chi connectivity index (χ1) is 9.19. The Morgan fingerprint density at radius 3 is 2.42 bits per heavy atom. The van der Waals surface area contributed by atoms with Crippen molar-refractivity contribution in [1.29, 1.82) is 0 Å². The summed E-state index contributed by atoms with van der Waals surface area (Å²) >= 11 is 0. The van der Waals surface area contributed by atoms with Gasteiger partial charge >= 0.3 is 6.09 Å². The number of carbonyl (C=O) groups excluding carboxylic acids is 1. The Hall–Kier alpha value is -0.770. The molecule has 19 heavy (non-hydrogen) atoms. The smallest absolute Gasteiger partial charge is 0.407 e. The van der Waals surface area contributed by atoms with Crippen LogP contribution in [-0.4, -0.2) is 31.8 Å². The van der Waals surface area contributed by atoms with E-state index in [0.717, 1.165) is 25.8 Å². The van der Waals surface area contributed by atoms with E-state index in [4.69, 9.17) is 4.74 Å². The molecule has 0 aromatic rings. The highest BCUT2D eigenvalue weighted by molar-refractivity contribution is 5.66. The quantitative estimate of drug-likeness (QED) is 0.567. The number of carbonyl (C=O) groups is 1. The van der Waals surface area contributed by atoms with Gasteiger partial charge in [-0.3, -0.25) is 0 Å². The second kappa shape index (κ2) is 12.3. The SMILES string of the molecule is CCCCNC(CCC)C(CC)COC(=O)NCC. The zero-order valence-corrected chi connectivity index (χ0v) is 13.1. The van der Waals surface area contributed by atoms with Crippen molar-refractivity contribution < 1.29 is 9.53 Å².